The molecule has 2 N–H and O–H groups in total. The Labute approximate surface area is 98.1 Å². The molecular formula is C11H17F3N2O. The molecule has 1 heterocycles. The number of halogens is 3. The van der Waals surface area contributed by atoms with Gasteiger partial charge in [0.2, 0.25) is 5.91 Å². The van der Waals surface area contributed by atoms with Crippen molar-refractivity contribution in [3.63, 3.8) is 0 Å². The maximum Gasteiger partial charge on any atom is 0.411 e. The Balaban J connectivity index is 1.97. The number of hydrogen-bond acceptors (Lipinski definition) is 2. The van der Waals surface area contributed by atoms with Crippen molar-refractivity contribution in [2.75, 3.05) is 13.1 Å². The molecule has 2 fully saturated rings. The minimum absolute atomic E-state index is 0.0155. The van der Waals surface area contributed by atoms with Crippen LogP contribution in [0.5, 0.6) is 0 Å². The molecule has 2 rings (SSSR count). The number of nitrogens with one attached hydrogen (secondary N) is 2. The van der Waals surface area contributed by atoms with Crippen molar-refractivity contribution < 1.29 is 18.0 Å². The summed E-state index contributed by atoms with van der Waals surface area (Å²) in [6.07, 6.45) is -3.68. The molecule has 0 aromatic heterocycles. The van der Waals surface area contributed by atoms with E-state index < -0.39 is 17.6 Å². The van der Waals surface area contributed by atoms with E-state index in [4.69, 9.17) is 0 Å². The molecule has 0 bridgehead atoms. The zero-order chi connectivity index (χ0) is 12.7. The first kappa shape index (κ1) is 12.7. The lowest BCUT2D eigenvalue weighted by molar-refractivity contribution is -0.172. The normalized spacial score (nSPS) is 32.0. The highest BCUT2D eigenvalue weighted by molar-refractivity contribution is 5.80. The smallest absolute Gasteiger partial charge is 0.342 e. The summed E-state index contributed by atoms with van der Waals surface area (Å²) in [5.41, 5.74) is -1.92. The van der Waals surface area contributed by atoms with E-state index in [0.717, 1.165) is 0 Å². The number of alkyl halides is 3. The van der Waals surface area contributed by atoms with Crippen LogP contribution in [-0.2, 0) is 4.79 Å². The van der Waals surface area contributed by atoms with Gasteiger partial charge in [0.1, 0.15) is 5.54 Å². The van der Waals surface area contributed by atoms with Crippen molar-refractivity contribution in [1.82, 2.24) is 10.6 Å². The average molecular weight is 250 g/mol. The van der Waals surface area contributed by atoms with Crippen LogP contribution in [-0.4, -0.2) is 30.7 Å². The molecule has 17 heavy (non-hydrogen) atoms. The number of carbonyl (C=O) groups excluding carboxylic acids is 1. The van der Waals surface area contributed by atoms with E-state index >= 15 is 0 Å². The molecule has 3 nitrogen and oxygen atoms in total. The number of carbonyl (C=O) groups is 1. The molecule has 98 valence electrons. The lowest BCUT2D eigenvalue weighted by Gasteiger charge is -2.30. The summed E-state index contributed by atoms with van der Waals surface area (Å²) in [6.45, 7) is 3.28. The van der Waals surface area contributed by atoms with Gasteiger partial charge in [-0.1, -0.05) is 6.92 Å². The van der Waals surface area contributed by atoms with Gasteiger partial charge in [-0.2, -0.15) is 13.2 Å². The van der Waals surface area contributed by atoms with Crippen molar-refractivity contribution in [2.24, 2.45) is 11.8 Å². The van der Waals surface area contributed by atoms with Crippen molar-refractivity contribution in [3.8, 4) is 0 Å². The summed E-state index contributed by atoms with van der Waals surface area (Å²) in [5.74, 6) is -0.641. The molecule has 6 heteroatoms. The first-order chi connectivity index (χ1) is 7.86. The third-order valence-corrected chi connectivity index (χ3v) is 3.78. The zero-order valence-electron chi connectivity index (χ0n) is 9.73. The fraction of sp³-hybridized carbons (Fsp3) is 0.909. The summed E-state index contributed by atoms with van der Waals surface area (Å²) >= 11 is 0. The van der Waals surface area contributed by atoms with Gasteiger partial charge in [-0.25, -0.2) is 0 Å². The van der Waals surface area contributed by atoms with Crippen LogP contribution in [0.2, 0.25) is 0 Å². The third-order valence-electron chi connectivity index (χ3n) is 3.78. The quantitative estimate of drug-likeness (QED) is 0.778. The van der Waals surface area contributed by atoms with Gasteiger partial charge in [0.05, 0.1) is 0 Å². The van der Waals surface area contributed by atoms with Crippen LogP contribution in [0.4, 0.5) is 13.2 Å². The van der Waals surface area contributed by atoms with Gasteiger partial charge in [-0.15, -0.1) is 0 Å². The Hall–Kier alpha value is -0.780. The molecule has 1 saturated heterocycles. The summed E-state index contributed by atoms with van der Waals surface area (Å²) in [4.78, 5) is 11.9. The highest BCUT2D eigenvalue weighted by Crippen LogP contribution is 2.49. The molecule has 0 radical (unpaired) electrons. The maximum absolute atomic E-state index is 12.7. The SMILES string of the molecule is CC1CNCCC1C(=O)NC1(C(F)(F)F)CC1. The topological polar surface area (TPSA) is 41.1 Å². The van der Waals surface area contributed by atoms with E-state index in [1.165, 1.54) is 0 Å². The Kier molecular flexibility index (Phi) is 3.10. The monoisotopic (exact) mass is 250 g/mol. The Morgan fingerprint density at radius 1 is 1.41 bits per heavy atom. The van der Waals surface area contributed by atoms with Crippen LogP contribution in [0.3, 0.4) is 0 Å². The second-order valence-corrected chi connectivity index (χ2v) is 5.15. The second kappa shape index (κ2) is 4.15. The van der Waals surface area contributed by atoms with Gasteiger partial charge in [-0.3, -0.25) is 4.79 Å². The average Bonchev–Trinajstić information content (AvgIpc) is 2.98. The van der Waals surface area contributed by atoms with Crippen LogP contribution in [0.15, 0.2) is 0 Å². The molecule has 2 unspecified atom stereocenters. The highest BCUT2D eigenvalue weighted by Gasteiger charge is 2.64. The van der Waals surface area contributed by atoms with E-state index in [9.17, 15) is 18.0 Å². The number of piperidine rings is 1. The molecule has 2 atom stereocenters. The summed E-state index contributed by atoms with van der Waals surface area (Å²) in [5, 5.41) is 5.34. The fourth-order valence-corrected chi connectivity index (χ4v) is 2.34. The molecule has 0 aromatic rings. The molecule has 2 aliphatic rings. The van der Waals surface area contributed by atoms with Crippen molar-refractivity contribution in [3.05, 3.63) is 0 Å². The largest absolute Gasteiger partial charge is 0.411 e. The van der Waals surface area contributed by atoms with E-state index in [1.807, 2.05) is 6.92 Å². The van der Waals surface area contributed by atoms with Gasteiger partial charge in [0.25, 0.3) is 0 Å². The number of rotatable bonds is 2. The minimum Gasteiger partial charge on any atom is -0.342 e. The van der Waals surface area contributed by atoms with E-state index in [0.29, 0.717) is 19.5 Å². The van der Waals surface area contributed by atoms with Gasteiger partial charge >= 0.3 is 6.18 Å². The Morgan fingerprint density at radius 3 is 2.53 bits per heavy atom. The van der Waals surface area contributed by atoms with Crippen LogP contribution in [0.25, 0.3) is 0 Å². The molecule has 0 aromatic carbocycles. The van der Waals surface area contributed by atoms with E-state index in [-0.39, 0.29) is 24.7 Å². The van der Waals surface area contributed by atoms with Crippen LogP contribution >= 0.6 is 0 Å². The molecular weight excluding hydrogens is 233 g/mol. The Morgan fingerprint density at radius 2 is 2.06 bits per heavy atom. The number of amides is 1. The zero-order valence-corrected chi connectivity index (χ0v) is 9.73. The predicted molar refractivity (Wildman–Crippen MR) is 56.3 cm³/mol. The van der Waals surface area contributed by atoms with Crippen LogP contribution in [0, 0.1) is 11.8 Å². The van der Waals surface area contributed by atoms with E-state index in [2.05, 4.69) is 10.6 Å². The molecule has 0 spiro atoms. The summed E-state index contributed by atoms with van der Waals surface area (Å²) < 4.78 is 38.1. The molecule has 1 aliphatic heterocycles. The van der Waals surface area contributed by atoms with Gasteiger partial charge < -0.3 is 10.6 Å². The molecule has 1 aliphatic carbocycles. The summed E-state index contributed by atoms with van der Waals surface area (Å²) in [7, 11) is 0. The standard InChI is InChI=1S/C11H17F3N2O/c1-7-6-15-5-2-8(7)9(17)16-10(3-4-10)11(12,13)14/h7-8,15H,2-6H2,1H3,(H,16,17). The Bertz CT molecular complexity index is 312. The van der Waals surface area contributed by atoms with Gasteiger partial charge in [-0.05, 0) is 38.3 Å². The lowest BCUT2D eigenvalue weighted by Crippen LogP contribution is -2.52. The van der Waals surface area contributed by atoms with Crippen LogP contribution in [0.1, 0.15) is 26.2 Å². The van der Waals surface area contributed by atoms with Crippen molar-refractivity contribution in [2.45, 2.75) is 37.9 Å². The van der Waals surface area contributed by atoms with E-state index in [1.54, 1.807) is 0 Å². The highest BCUT2D eigenvalue weighted by atomic mass is 19.4. The van der Waals surface area contributed by atoms with Crippen molar-refractivity contribution in [1.29, 1.82) is 0 Å². The predicted octanol–water partition coefficient (Wildman–Crippen LogP) is 1.44. The van der Waals surface area contributed by atoms with Gasteiger partial charge in [0.15, 0.2) is 0 Å². The minimum atomic E-state index is -4.32. The maximum atomic E-state index is 12.7. The first-order valence-electron chi connectivity index (χ1n) is 5.95. The second-order valence-electron chi connectivity index (χ2n) is 5.15. The first-order valence-corrected chi connectivity index (χ1v) is 5.95. The van der Waals surface area contributed by atoms with Crippen molar-refractivity contribution >= 4 is 5.91 Å². The third kappa shape index (κ3) is 2.41. The molecule has 1 saturated carbocycles. The lowest BCUT2D eigenvalue weighted by atomic mass is 9.87. The fourth-order valence-electron chi connectivity index (χ4n) is 2.34. The molecule has 1 amide bonds. The number of hydrogen-bond donors (Lipinski definition) is 2. The van der Waals surface area contributed by atoms with Crippen LogP contribution < -0.4 is 10.6 Å². The summed E-state index contributed by atoms with van der Waals surface area (Å²) in [6, 6.07) is 0. The van der Waals surface area contributed by atoms with Gasteiger partial charge in [0, 0.05) is 5.92 Å².